The molecule has 0 aliphatic heterocycles. The normalized spacial score (nSPS) is 11.8. The SMILES string of the molecule is CC(Nc1ncnc(N)c1C#N)c1nc2cccc(Cl)c2c(=O)n1-c1ccccc1. The number of hydrogen-bond acceptors (Lipinski definition) is 7. The first-order chi connectivity index (χ1) is 14.5. The number of nitriles is 1. The first kappa shape index (κ1) is 19.4. The summed E-state index contributed by atoms with van der Waals surface area (Å²) in [7, 11) is 0. The summed E-state index contributed by atoms with van der Waals surface area (Å²) >= 11 is 6.30. The Balaban J connectivity index is 1.93. The first-order valence-electron chi connectivity index (χ1n) is 9.05. The predicted octanol–water partition coefficient (Wildman–Crippen LogP) is 3.46. The van der Waals surface area contributed by atoms with Crippen molar-refractivity contribution in [3.8, 4) is 11.8 Å². The number of fused-ring (bicyclic) bond motifs is 1. The highest BCUT2D eigenvalue weighted by molar-refractivity contribution is 6.35. The summed E-state index contributed by atoms with van der Waals surface area (Å²) in [5.74, 6) is 0.764. The van der Waals surface area contributed by atoms with Crippen molar-refractivity contribution >= 4 is 34.1 Å². The van der Waals surface area contributed by atoms with Crippen molar-refractivity contribution in [3.05, 3.63) is 81.6 Å². The molecule has 0 aliphatic rings. The highest BCUT2D eigenvalue weighted by atomic mass is 35.5. The van der Waals surface area contributed by atoms with E-state index in [0.717, 1.165) is 0 Å². The van der Waals surface area contributed by atoms with Crippen LogP contribution in [-0.2, 0) is 0 Å². The summed E-state index contributed by atoms with van der Waals surface area (Å²) in [6.07, 6.45) is 1.27. The molecule has 9 heteroatoms. The number of halogens is 1. The molecular formula is C21H16ClN7O. The minimum absolute atomic E-state index is 0.0703. The number of nitrogens with one attached hydrogen (secondary N) is 1. The van der Waals surface area contributed by atoms with Crippen LogP contribution in [0.3, 0.4) is 0 Å². The van der Waals surface area contributed by atoms with Crippen LogP contribution in [0.5, 0.6) is 0 Å². The number of anilines is 2. The molecule has 2 aromatic heterocycles. The maximum absolute atomic E-state index is 13.4. The number of aromatic nitrogens is 4. The highest BCUT2D eigenvalue weighted by Crippen LogP contribution is 2.25. The van der Waals surface area contributed by atoms with E-state index >= 15 is 0 Å². The molecule has 0 aliphatic carbocycles. The van der Waals surface area contributed by atoms with Gasteiger partial charge >= 0.3 is 0 Å². The molecule has 0 radical (unpaired) electrons. The van der Waals surface area contributed by atoms with Crippen LogP contribution >= 0.6 is 11.6 Å². The molecule has 0 saturated heterocycles. The molecule has 4 rings (SSSR count). The molecule has 0 bridgehead atoms. The average Bonchev–Trinajstić information content (AvgIpc) is 2.74. The van der Waals surface area contributed by atoms with E-state index in [1.807, 2.05) is 43.3 Å². The molecule has 3 N–H and O–H groups in total. The molecule has 1 atom stereocenters. The van der Waals surface area contributed by atoms with E-state index in [4.69, 9.17) is 22.3 Å². The molecule has 2 aromatic carbocycles. The largest absolute Gasteiger partial charge is 0.382 e. The fraction of sp³-hybridized carbons (Fsp3) is 0.0952. The van der Waals surface area contributed by atoms with Crippen LogP contribution in [0.1, 0.15) is 24.4 Å². The van der Waals surface area contributed by atoms with Crippen molar-refractivity contribution in [2.45, 2.75) is 13.0 Å². The lowest BCUT2D eigenvalue weighted by Gasteiger charge is -2.20. The number of hydrogen-bond donors (Lipinski definition) is 2. The predicted molar refractivity (Wildman–Crippen MR) is 116 cm³/mol. The minimum atomic E-state index is -0.498. The zero-order valence-electron chi connectivity index (χ0n) is 15.9. The van der Waals surface area contributed by atoms with Gasteiger partial charge in [-0.1, -0.05) is 35.9 Å². The van der Waals surface area contributed by atoms with Crippen LogP contribution in [0.2, 0.25) is 5.02 Å². The standard InChI is InChI=1S/C21H16ClN7O/c1-12(27-19-14(10-23)18(24)25-11-26-19)20-28-16-9-5-8-15(22)17(16)21(30)29(20)13-6-3-2-4-7-13/h2-9,11-12H,1H3,(H3,24,25,26,27). The zero-order valence-corrected chi connectivity index (χ0v) is 16.6. The molecule has 2 heterocycles. The summed E-state index contributed by atoms with van der Waals surface area (Å²) in [5, 5.41) is 13.2. The molecule has 0 amide bonds. The Labute approximate surface area is 176 Å². The van der Waals surface area contributed by atoms with Crippen molar-refractivity contribution in [1.82, 2.24) is 19.5 Å². The van der Waals surface area contributed by atoms with Crippen molar-refractivity contribution < 1.29 is 0 Å². The van der Waals surface area contributed by atoms with Gasteiger partial charge in [-0.25, -0.2) is 15.0 Å². The Morgan fingerprint density at radius 1 is 1.17 bits per heavy atom. The Hall–Kier alpha value is -3.96. The minimum Gasteiger partial charge on any atom is -0.382 e. The summed E-state index contributed by atoms with van der Waals surface area (Å²) in [4.78, 5) is 26.1. The van der Waals surface area contributed by atoms with Gasteiger partial charge in [-0.3, -0.25) is 9.36 Å². The van der Waals surface area contributed by atoms with Gasteiger partial charge in [0.2, 0.25) is 0 Å². The van der Waals surface area contributed by atoms with Crippen LogP contribution in [0.15, 0.2) is 59.7 Å². The lowest BCUT2D eigenvalue weighted by Crippen LogP contribution is -2.27. The van der Waals surface area contributed by atoms with E-state index in [0.29, 0.717) is 27.4 Å². The molecule has 0 spiro atoms. The summed E-state index contributed by atoms with van der Waals surface area (Å²) < 4.78 is 1.50. The van der Waals surface area contributed by atoms with Crippen LogP contribution in [0, 0.1) is 11.3 Å². The lowest BCUT2D eigenvalue weighted by molar-refractivity contribution is 0.730. The van der Waals surface area contributed by atoms with Crippen molar-refractivity contribution in [2.24, 2.45) is 0 Å². The van der Waals surface area contributed by atoms with E-state index in [2.05, 4.69) is 15.3 Å². The second kappa shape index (κ2) is 7.81. The third-order valence-electron chi connectivity index (χ3n) is 4.62. The highest BCUT2D eigenvalue weighted by Gasteiger charge is 2.21. The van der Waals surface area contributed by atoms with E-state index in [1.165, 1.54) is 10.9 Å². The molecule has 0 saturated carbocycles. The van der Waals surface area contributed by atoms with Gasteiger partial charge in [-0.15, -0.1) is 0 Å². The Bertz CT molecular complexity index is 1350. The van der Waals surface area contributed by atoms with E-state index in [9.17, 15) is 10.1 Å². The van der Waals surface area contributed by atoms with E-state index < -0.39 is 6.04 Å². The quantitative estimate of drug-likeness (QED) is 0.521. The summed E-state index contributed by atoms with van der Waals surface area (Å²) in [6, 6.07) is 15.8. The number of para-hydroxylation sites is 1. The van der Waals surface area contributed by atoms with Gasteiger partial charge in [0.1, 0.15) is 35.4 Å². The van der Waals surface area contributed by atoms with Crippen LogP contribution in [0.4, 0.5) is 11.6 Å². The van der Waals surface area contributed by atoms with Crippen LogP contribution in [0.25, 0.3) is 16.6 Å². The second-order valence-corrected chi connectivity index (χ2v) is 6.95. The van der Waals surface area contributed by atoms with Crippen molar-refractivity contribution in [3.63, 3.8) is 0 Å². The van der Waals surface area contributed by atoms with Gasteiger partial charge in [-0.2, -0.15) is 5.26 Å². The van der Waals surface area contributed by atoms with Gasteiger partial charge in [0.05, 0.1) is 27.7 Å². The first-order valence-corrected chi connectivity index (χ1v) is 9.42. The van der Waals surface area contributed by atoms with Gasteiger partial charge in [-0.05, 0) is 31.2 Å². The van der Waals surface area contributed by atoms with Crippen LogP contribution in [-0.4, -0.2) is 19.5 Å². The third kappa shape index (κ3) is 3.32. The maximum Gasteiger partial charge on any atom is 0.267 e. The van der Waals surface area contributed by atoms with E-state index in [1.54, 1.807) is 18.2 Å². The molecule has 148 valence electrons. The van der Waals surface area contributed by atoms with Crippen molar-refractivity contribution in [2.75, 3.05) is 11.1 Å². The Morgan fingerprint density at radius 2 is 1.93 bits per heavy atom. The topological polar surface area (TPSA) is 123 Å². The Morgan fingerprint density at radius 3 is 2.67 bits per heavy atom. The van der Waals surface area contributed by atoms with E-state index in [-0.39, 0.29) is 22.8 Å². The smallest absolute Gasteiger partial charge is 0.267 e. The molecular weight excluding hydrogens is 402 g/mol. The van der Waals surface area contributed by atoms with Gasteiger partial charge < -0.3 is 11.1 Å². The van der Waals surface area contributed by atoms with Gasteiger partial charge in [0.15, 0.2) is 0 Å². The fourth-order valence-corrected chi connectivity index (χ4v) is 3.46. The summed E-state index contributed by atoms with van der Waals surface area (Å²) in [5.41, 5.74) is 6.74. The van der Waals surface area contributed by atoms with Crippen LogP contribution < -0.4 is 16.6 Å². The second-order valence-electron chi connectivity index (χ2n) is 6.54. The third-order valence-corrected chi connectivity index (χ3v) is 4.93. The molecule has 0 fully saturated rings. The monoisotopic (exact) mass is 417 g/mol. The fourth-order valence-electron chi connectivity index (χ4n) is 3.21. The maximum atomic E-state index is 13.4. The number of nitrogens with zero attached hydrogens (tertiary/aromatic N) is 5. The van der Waals surface area contributed by atoms with Crippen molar-refractivity contribution in [1.29, 1.82) is 5.26 Å². The lowest BCUT2D eigenvalue weighted by atomic mass is 10.2. The Kier molecular flexibility index (Phi) is 5.04. The van der Waals surface area contributed by atoms with Gasteiger partial charge in [0, 0.05) is 0 Å². The van der Waals surface area contributed by atoms with Gasteiger partial charge in [0.25, 0.3) is 5.56 Å². The molecule has 8 nitrogen and oxygen atoms in total. The zero-order chi connectivity index (χ0) is 21.3. The average molecular weight is 418 g/mol. The summed E-state index contributed by atoms with van der Waals surface area (Å²) in [6.45, 7) is 1.82. The molecule has 4 aromatic rings. The number of rotatable bonds is 4. The molecule has 1 unspecified atom stereocenters. The number of nitrogen functional groups attached to an aromatic ring is 1. The molecule has 30 heavy (non-hydrogen) atoms. The number of benzene rings is 2. The number of nitrogens with two attached hydrogens (primary N) is 1.